The Morgan fingerprint density at radius 2 is 1.81 bits per heavy atom. The molecule has 1 heterocycles. The van der Waals surface area contributed by atoms with Crippen molar-refractivity contribution in [1.29, 1.82) is 0 Å². The maximum atomic E-state index is 13.8. The molecule has 1 aliphatic rings. The lowest BCUT2D eigenvalue weighted by Crippen LogP contribution is -2.42. The van der Waals surface area contributed by atoms with Crippen molar-refractivity contribution >= 4 is 38.8 Å². The topological polar surface area (TPSA) is 84.9 Å². The highest BCUT2D eigenvalue weighted by Gasteiger charge is 2.40. The molecule has 0 aromatic heterocycles. The summed E-state index contributed by atoms with van der Waals surface area (Å²) in [6.45, 7) is 3.90. The van der Waals surface area contributed by atoms with Gasteiger partial charge in [0.05, 0.1) is 25.9 Å². The Hall–Kier alpha value is -3.75. The first-order valence-corrected chi connectivity index (χ1v) is 13.0. The number of amides is 1. The first-order chi connectivity index (χ1) is 17.4. The molecule has 4 rings (SSSR count). The third kappa shape index (κ3) is 5.10. The molecule has 0 aliphatic carbocycles. The average Bonchev–Trinajstić information content (AvgIpc) is 2.88. The number of carbonyl (C=O) groups is 1. The largest absolute Gasteiger partial charge is 0.497 e. The predicted octanol–water partition coefficient (Wildman–Crippen LogP) is 4.64. The summed E-state index contributed by atoms with van der Waals surface area (Å²) in [4.78, 5) is 13.1. The number of rotatable bonds is 9. The molecule has 7 nitrogen and oxygen atoms in total. The molecule has 3 aromatic carbocycles. The van der Waals surface area contributed by atoms with Gasteiger partial charge in [0.25, 0.3) is 15.9 Å². The molecule has 0 unspecified atom stereocenters. The summed E-state index contributed by atoms with van der Waals surface area (Å²) in [7, 11) is -2.66. The lowest BCUT2D eigenvalue weighted by atomic mass is 9.95. The molecular weight excluding hydrogens is 500 g/mol. The minimum absolute atomic E-state index is 0.00519. The number of halogens is 1. The molecular formula is C27H25ClN2O5S. The van der Waals surface area contributed by atoms with Gasteiger partial charge in [0.2, 0.25) is 0 Å². The molecule has 1 aliphatic heterocycles. The number of carbonyl (C=O) groups excluding carboxylic acids is 1. The van der Waals surface area contributed by atoms with Crippen molar-refractivity contribution in [3.05, 3.63) is 107 Å². The highest BCUT2D eigenvalue weighted by Crippen LogP contribution is 2.43. The molecule has 0 saturated heterocycles. The van der Waals surface area contributed by atoms with Crippen LogP contribution in [0.2, 0.25) is 5.02 Å². The molecule has 9 heteroatoms. The van der Waals surface area contributed by atoms with E-state index in [2.05, 4.69) is 11.9 Å². The second-order valence-corrected chi connectivity index (χ2v) is 10.1. The Morgan fingerprint density at radius 3 is 2.53 bits per heavy atom. The van der Waals surface area contributed by atoms with Crippen LogP contribution in [0.15, 0.2) is 90.4 Å². The Bertz CT molecular complexity index is 1420. The Balaban J connectivity index is 1.71. The maximum Gasteiger partial charge on any atom is 0.270 e. The summed E-state index contributed by atoms with van der Waals surface area (Å²) >= 11 is 6.30. The quantitative estimate of drug-likeness (QED) is 0.325. The maximum absolute atomic E-state index is 13.8. The van der Waals surface area contributed by atoms with E-state index in [4.69, 9.17) is 21.1 Å². The van der Waals surface area contributed by atoms with Crippen LogP contribution >= 0.6 is 11.6 Å². The fourth-order valence-corrected chi connectivity index (χ4v) is 5.86. The third-order valence-electron chi connectivity index (χ3n) is 5.53. The van der Waals surface area contributed by atoms with Crippen LogP contribution in [-0.2, 0) is 14.8 Å². The zero-order valence-electron chi connectivity index (χ0n) is 19.6. The van der Waals surface area contributed by atoms with Gasteiger partial charge in [0.15, 0.2) is 4.91 Å². The van der Waals surface area contributed by atoms with Crippen molar-refractivity contribution in [3.63, 3.8) is 0 Å². The van der Waals surface area contributed by atoms with Crippen LogP contribution in [0, 0.1) is 0 Å². The van der Waals surface area contributed by atoms with E-state index in [0.29, 0.717) is 38.9 Å². The number of nitrogens with one attached hydrogen (secondary N) is 1. The number of methoxy groups -OCH3 is 1. The Labute approximate surface area is 215 Å². The van der Waals surface area contributed by atoms with E-state index in [1.165, 1.54) is 10.4 Å². The van der Waals surface area contributed by atoms with Crippen LogP contribution in [0.5, 0.6) is 11.5 Å². The van der Waals surface area contributed by atoms with Gasteiger partial charge in [-0.2, -0.15) is 0 Å². The summed E-state index contributed by atoms with van der Waals surface area (Å²) in [5.41, 5.74) is 1.85. The van der Waals surface area contributed by atoms with E-state index in [0.717, 1.165) is 0 Å². The number of ether oxygens (including phenoxy) is 2. The number of nitrogens with zero attached hydrogens (tertiary/aromatic N) is 1. The van der Waals surface area contributed by atoms with Crippen molar-refractivity contribution in [2.75, 3.05) is 31.1 Å². The zero-order chi connectivity index (χ0) is 25.7. The van der Waals surface area contributed by atoms with Gasteiger partial charge >= 0.3 is 0 Å². The summed E-state index contributed by atoms with van der Waals surface area (Å²) in [5.74, 6) is 0.476. The molecule has 0 fully saturated rings. The molecule has 0 bridgehead atoms. The zero-order valence-corrected chi connectivity index (χ0v) is 21.2. The number of fused-ring (bicyclic) bond motifs is 1. The SMILES string of the molecule is C=CCN1c2ccc(Cl)cc2C(c2ccccc2)=C(C(=O)NCCOc2cccc(OC)c2)S1(=O)=O. The van der Waals surface area contributed by atoms with Gasteiger partial charge in [0.1, 0.15) is 18.1 Å². The summed E-state index contributed by atoms with van der Waals surface area (Å²) < 4.78 is 39.6. The van der Waals surface area contributed by atoms with Gasteiger partial charge in [-0.25, -0.2) is 8.42 Å². The molecule has 0 saturated carbocycles. The Morgan fingerprint density at radius 1 is 1.06 bits per heavy atom. The molecule has 0 atom stereocenters. The number of hydrogen-bond donors (Lipinski definition) is 1. The molecule has 3 aromatic rings. The highest BCUT2D eigenvalue weighted by atomic mass is 35.5. The first kappa shape index (κ1) is 25.3. The van der Waals surface area contributed by atoms with E-state index >= 15 is 0 Å². The second kappa shape index (κ2) is 10.9. The highest BCUT2D eigenvalue weighted by molar-refractivity contribution is 7.97. The minimum atomic E-state index is -4.22. The summed E-state index contributed by atoms with van der Waals surface area (Å²) in [5, 5.41) is 3.12. The molecule has 1 N–H and O–H groups in total. The van der Waals surface area contributed by atoms with Crippen molar-refractivity contribution in [3.8, 4) is 11.5 Å². The number of anilines is 1. The smallest absolute Gasteiger partial charge is 0.270 e. The van der Waals surface area contributed by atoms with Gasteiger partial charge < -0.3 is 14.8 Å². The van der Waals surface area contributed by atoms with Crippen LogP contribution in [-0.4, -0.2) is 41.1 Å². The van der Waals surface area contributed by atoms with Crippen LogP contribution in [0.4, 0.5) is 5.69 Å². The number of sulfonamides is 1. The minimum Gasteiger partial charge on any atom is -0.497 e. The fourth-order valence-electron chi connectivity index (χ4n) is 3.96. The van der Waals surface area contributed by atoms with Crippen LogP contribution in [0.25, 0.3) is 5.57 Å². The van der Waals surface area contributed by atoms with E-state index in [1.807, 2.05) is 6.07 Å². The van der Waals surface area contributed by atoms with Crippen molar-refractivity contribution in [2.24, 2.45) is 0 Å². The predicted molar refractivity (Wildman–Crippen MR) is 142 cm³/mol. The number of benzene rings is 3. The summed E-state index contributed by atoms with van der Waals surface area (Å²) in [6.07, 6.45) is 1.47. The van der Waals surface area contributed by atoms with E-state index in [1.54, 1.807) is 73.8 Å². The van der Waals surface area contributed by atoms with E-state index < -0.39 is 15.9 Å². The first-order valence-electron chi connectivity index (χ1n) is 11.1. The van der Waals surface area contributed by atoms with Crippen molar-refractivity contribution < 1.29 is 22.7 Å². The van der Waals surface area contributed by atoms with Gasteiger partial charge in [0, 0.05) is 22.2 Å². The van der Waals surface area contributed by atoms with Crippen LogP contribution in [0.1, 0.15) is 11.1 Å². The Kier molecular flexibility index (Phi) is 7.67. The fraction of sp³-hybridized carbons (Fsp3) is 0.148. The summed E-state index contributed by atoms with van der Waals surface area (Å²) in [6, 6.07) is 20.9. The molecule has 0 radical (unpaired) electrons. The second-order valence-electron chi connectivity index (χ2n) is 7.84. The molecule has 0 spiro atoms. The van der Waals surface area contributed by atoms with Crippen LogP contribution < -0.4 is 19.1 Å². The van der Waals surface area contributed by atoms with Crippen molar-refractivity contribution in [2.45, 2.75) is 0 Å². The monoisotopic (exact) mass is 524 g/mol. The third-order valence-corrected chi connectivity index (χ3v) is 7.60. The standard InChI is InChI=1S/C27H25ClN2O5S/c1-3-15-30-24-13-12-20(28)17-23(24)25(19-8-5-4-6-9-19)26(36(30,32)33)27(31)29-14-16-35-22-11-7-10-21(18-22)34-2/h3-13,17-18H,1,14-16H2,2H3,(H,29,31). The van der Waals surface area contributed by atoms with Crippen LogP contribution in [0.3, 0.4) is 0 Å². The lowest BCUT2D eigenvalue weighted by Gasteiger charge is -2.33. The van der Waals surface area contributed by atoms with Gasteiger partial charge in [-0.15, -0.1) is 6.58 Å². The molecule has 186 valence electrons. The molecule has 36 heavy (non-hydrogen) atoms. The lowest BCUT2D eigenvalue weighted by molar-refractivity contribution is -0.116. The number of hydrogen-bond acceptors (Lipinski definition) is 5. The van der Waals surface area contributed by atoms with Gasteiger partial charge in [-0.3, -0.25) is 9.10 Å². The normalized spacial score (nSPS) is 14.1. The molecule has 1 amide bonds. The van der Waals surface area contributed by atoms with E-state index in [-0.39, 0.29) is 24.6 Å². The van der Waals surface area contributed by atoms with Gasteiger partial charge in [-0.05, 0) is 35.9 Å². The van der Waals surface area contributed by atoms with E-state index in [9.17, 15) is 13.2 Å². The van der Waals surface area contributed by atoms with Crippen molar-refractivity contribution in [1.82, 2.24) is 5.32 Å². The van der Waals surface area contributed by atoms with Gasteiger partial charge in [-0.1, -0.05) is 54.1 Å². The average molecular weight is 525 g/mol.